The van der Waals surface area contributed by atoms with Gasteiger partial charge < -0.3 is 52.5 Å². The van der Waals surface area contributed by atoms with Crippen LogP contribution in [0.15, 0.2) is 126 Å². The summed E-state index contributed by atoms with van der Waals surface area (Å²) in [6.45, 7) is 7.63. The summed E-state index contributed by atoms with van der Waals surface area (Å²) in [6.07, 6.45) is -9.61. The van der Waals surface area contributed by atoms with Crippen molar-refractivity contribution in [2.75, 3.05) is 34.0 Å². The Balaban J connectivity index is 1.27. The van der Waals surface area contributed by atoms with E-state index in [1.54, 1.807) is 79.7 Å². The number of halogens is 6. The predicted molar refractivity (Wildman–Crippen MR) is 326 cm³/mol. The van der Waals surface area contributed by atoms with E-state index in [9.17, 15) is 14.7 Å². The van der Waals surface area contributed by atoms with Gasteiger partial charge in [-0.1, -0.05) is 168 Å². The summed E-state index contributed by atoms with van der Waals surface area (Å²) in [5.74, 6) is -9.59. The Labute approximate surface area is 543 Å². The summed E-state index contributed by atoms with van der Waals surface area (Å²) in [7, 11) is 2.89. The minimum Gasteiger partial charge on any atom is -0.493 e. The number of nitrogens with zero attached hydrogens (tertiary/aromatic N) is 1. The van der Waals surface area contributed by atoms with Gasteiger partial charge in [-0.3, -0.25) is 24.1 Å². The second kappa shape index (κ2) is 25.5. The zero-order valence-electron chi connectivity index (χ0n) is 49.7. The Morgan fingerprint density at radius 3 is 1.90 bits per heavy atom. The number of rotatable bonds is 15. The molecule has 25 heteroatoms. The van der Waals surface area contributed by atoms with E-state index in [1.165, 1.54) is 65.9 Å². The molecule has 1 amide bonds. The lowest BCUT2D eigenvalue weighted by atomic mass is 9.41. The third-order valence-electron chi connectivity index (χ3n) is 17.9. The molecule has 9 rings (SSSR count). The van der Waals surface area contributed by atoms with Crippen LogP contribution in [0.1, 0.15) is 101 Å². The van der Waals surface area contributed by atoms with Crippen molar-refractivity contribution in [3.63, 3.8) is 0 Å². The van der Waals surface area contributed by atoms with Gasteiger partial charge >= 0.3 is 30.0 Å². The van der Waals surface area contributed by atoms with Crippen LogP contribution < -0.4 is 9.47 Å². The molecule has 12 atom stereocenters. The monoisotopic (exact) mass is 1350 g/mol. The number of hydrogen-bond acceptors (Lipinski definition) is 18. The second-order valence-electron chi connectivity index (χ2n) is 23.5. The maximum Gasteiger partial charge on any atom is 0.508 e. The third-order valence-corrected chi connectivity index (χ3v) is 18.5. The fraction of sp³-hybridized carbons (Fsp3) is 0.453. The number of methoxy groups -OCH3 is 2. The molecule has 1 N–H and O–H groups in total. The van der Waals surface area contributed by atoms with Crippen LogP contribution >= 0.6 is 69.6 Å². The molecule has 476 valence electrons. The first-order valence-corrected chi connectivity index (χ1v) is 30.4. The Morgan fingerprint density at radius 1 is 0.730 bits per heavy atom. The fourth-order valence-corrected chi connectivity index (χ4v) is 13.8. The summed E-state index contributed by atoms with van der Waals surface area (Å²) >= 11 is 36.5. The van der Waals surface area contributed by atoms with Crippen molar-refractivity contribution in [2.24, 2.45) is 22.7 Å². The number of carbonyl (C=O) groups excluding carboxylic acids is 7. The van der Waals surface area contributed by atoms with Gasteiger partial charge in [0.25, 0.3) is 5.91 Å². The standard InChI is InChI=1S/C64H65Cl6NO18/c1-34(27-37-19-13-10-14-20-37)52(74)71-47(38-21-15-11-16-22-38)48(87-53(71)40-25-26-41(80-8)42(28-40)81-9)56(77)85-43-29-61(79)51(88-54(75)39-23-17-12-18-24-39)49-60(7,50(73)45(46(35(43)2)58(61,4)5)55(76)82-32-63(65,66)67)44(86-57(78)83-33-64(68,69)70)30-59(6)62(49,31-84-59)89-36(3)72/h10-28,43-45,47-49,51,53,79H,29-33H2,1-9H3/b34-27+/t43-,44-,45+,47-,48+,49-,51-,53?,59+,60+,61?,62+/m0/s1. The van der Waals surface area contributed by atoms with Crippen molar-refractivity contribution in [3.05, 3.63) is 148 Å². The van der Waals surface area contributed by atoms with Crippen molar-refractivity contribution in [1.29, 1.82) is 0 Å². The molecule has 2 unspecified atom stereocenters. The van der Waals surface area contributed by atoms with Crippen molar-refractivity contribution >= 4 is 117 Å². The summed E-state index contributed by atoms with van der Waals surface area (Å²) in [5.41, 5.74) is -9.49. The molecule has 4 aromatic carbocycles. The first kappa shape index (κ1) is 67.3. The zero-order chi connectivity index (χ0) is 65.0. The van der Waals surface area contributed by atoms with Crippen LogP contribution in [0.4, 0.5) is 4.79 Å². The topological polar surface area (TPSA) is 235 Å². The molecule has 2 saturated heterocycles. The van der Waals surface area contributed by atoms with E-state index >= 15 is 24.0 Å². The molecule has 89 heavy (non-hydrogen) atoms. The zero-order valence-corrected chi connectivity index (χ0v) is 54.3. The number of alkyl halides is 6. The first-order chi connectivity index (χ1) is 41.8. The summed E-state index contributed by atoms with van der Waals surface area (Å²) < 4.78 is 56.7. The minimum atomic E-state index is -2.68. The van der Waals surface area contributed by atoms with E-state index in [1.807, 2.05) is 30.3 Å². The number of hydrogen-bond donors (Lipinski definition) is 1. The molecule has 2 bridgehead atoms. The first-order valence-electron chi connectivity index (χ1n) is 28.2. The number of ether oxygens (including phenoxy) is 10. The minimum absolute atomic E-state index is 0.00884. The van der Waals surface area contributed by atoms with Gasteiger partial charge in [0, 0.05) is 36.3 Å². The molecular formula is C64H65Cl6NO18. The Bertz CT molecular complexity index is 3470. The molecule has 5 aliphatic rings. The third kappa shape index (κ3) is 12.7. The molecule has 19 nitrogen and oxygen atoms in total. The Hall–Kier alpha value is -6.13. The van der Waals surface area contributed by atoms with Gasteiger partial charge in [0.15, 0.2) is 35.2 Å². The van der Waals surface area contributed by atoms with Gasteiger partial charge in [0.2, 0.25) is 7.59 Å². The molecule has 2 heterocycles. The molecule has 3 aliphatic carbocycles. The van der Waals surface area contributed by atoms with E-state index < -0.39 is 158 Å². The molecule has 0 radical (unpaired) electrons. The van der Waals surface area contributed by atoms with Gasteiger partial charge in [-0.2, -0.15) is 0 Å². The van der Waals surface area contributed by atoms with E-state index in [4.69, 9.17) is 117 Å². The second-order valence-corrected chi connectivity index (χ2v) is 28.6. The lowest BCUT2D eigenvalue weighted by molar-refractivity contribution is -0.383. The summed E-state index contributed by atoms with van der Waals surface area (Å²) in [5, 5.41) is 14.6. The maximum atomic E-state index is 16.8. The molecule has 4 aromatic rings. The van der Waals surface area contributed by atoms with Crippen molar-refractivity contribution in [1.82, 2.24) is 4.90 Å². The Morgan fingerprint density at radius 2 is 1.33 bits per heavy atom. The van der Waals surface area contributed by atoms with Crippen LogP contribution in [-0.2, 0) is 61.9 Å². The van der Waals surface area contributed by atoms with Gasteiger partial charge in [0.05, 0.1) is 43.8 Å². The molecule has 2 aliphatic heterocycles. The maximum absolute atomic E-state index is 16.8. The van der Waals surface area contributed by atoms with Gasteiger partial charge in [-0.15, -0.1) is 0 Å². The molecular weight excluding hydrogens is 1280 g/mol. The van der Waals surface area contributed by atoms with Crippen molar-refractivity contribution < 1.29 is 86.0 Å². The average Bonchev–Trinajstić information content (AvgIpc) is 0.776. The summed E-state index contributed by atoms with van der Waals surface area (Å²) in [4.78, 5) is 108. The number of ketones is 1. The number of fused-ring (bicyclic) bond motifs is 5. The smallest absolute Gasteiger partial charge is 0.493 e. The Kier molecular flexibility index (Phi) is 19.3. The van der Waals surface area contributed by atoms with Crippen LogP contribution in [0, 0.1) is 22.7 Å². The number of esters is 4. The van der Waals surface area contributed by atoms with Crippen LogP contribution in [0.25, 0.3) is 6.08 Å². The normalized spacial score (nSPS) is 29.8. The lowest BCUT2D eigenvalue weighted by Gasteiger charge is -2.70. The fourth-order valence-electron chi connectivity index (χ4n) is 13.5. The summed E-state index contributed by atoms with van der Waals surface area (Å²) in [6, 6.07) is 28.9. The van der Waals surface area contributed by atoms with Gasteiger partial charge in [-0.25, -0.2) is 14.4 Å². The highest BCUT2D eigenvalue weighted by molar-refractivity contribution is 6.68. The van der Waals surface area contributed by atoms with Crippen molar-refractivity contribution in [2.45, 2.75) is 122 Å². The van der Waals surface area contributed by atoms with E-state index in [0.717, 1.165) is 6.92 Å². The number of carbonyl (C=O) groups is 7. The SMILES string of the molecule is COc1ccc(C2O[C@@H](C(=O)O[C@H]3CC4(O)[C@@H](OC(=O)c5ccccc5)[C@H]5[C@](C)(C(=O)[C@H](C(=O)OCC(Cl)(Cl)Cl)C(=C3C)C4(C)C)[C@@H](OC(=O)OCC(Cl)(Cl)Cl)C[C@@]3(C)OC[C@@]53OC(C)=O)[C@H](c3ccccc3)N2C(=O)/C(C)=C/c2ccccc2)cc1OC. The average molecular weight is 1350 g/mol. The van der Waals surface area contributed by atoms with Crippen LogP contribution in [-0.4, -0.2) is 135 Å². The quantitative estimate of drug-likeness (QED) is 0.0291. The van der Waals surface area contributed by atoms with E-state index in [0.29, 0.717) is 22.4 Å². The van der Waals surface area contributed by atoms with Crippen molar-refractivity contribution in [3.8, 4) is 11.5 Å². The van der Waals surface area contributed by atoms with Gasteiger partial charge in [-0.05, 0) is 80.3 Å². The lowest BCUT2D eigenvalue weighted by Crippen LogP contribution is -2.85. The highest BCUT2D eigenvalue weighted by Gasteiger charge is 2.82. The molecule has 2 saturated carbocycles. The van der Waals surface area contributed by atoms with E-state index in [-0.39, 0.29) is 28.0 Å². The molecule has 0 spiro atoms. The van der Waals surface area contributed by atoms with Gasteiger partial charge in [0.1, 0.15) is 48.6 Å². The number of Topliss-reactive ketones (excluding diaryl/α,β-unsaturated/α-hetero) is 1. The number of benzene rings is 4. The molecule has 4 fully saturated rings. The van der Waals surface area contributed by atoms with Crippen LogP contribution in [0.5, 0.6) is 11.5 Å². The molecule has 0 aromatic heterocycles. The number of amides is 1. The predicted octanol–water partition coefficient (Wildman–Crippen LogP) is 11.5. The highest BCUT2D eigenvalue weighted by atomic mass is 35.6. The van der Waals surface area contributed by atoms with Crippen LogP contribution in [0.3, 0.4) is 0 Å². The van der Waals surface area contributed by atoms with Crippen LogP contribution in [0.2, 0.25) is 0 Å². The van der Waals surface area contributed by atoms with E-state index in [2.05, 4.69) is 0 Å². The number of aliphatic hydroxyl groups is 1. The highest BCUT2D eigenvalue weighted by Crippen LogP contribution is 2.68. The largest absolute Gasteiger partial charge is 0.508 e.